The van der Waals surface area contributed by atoms with E-state index in [2.05, 4.69) is 40.4 Å². The third kappa shape index (κ3) is 3.88. The third-order valence-corrected chi connectivity index (χ3v) is 4.36. The number of anilines is 1. The minimum Gasteiger partial charge on any atom is -0.325 e. The number of aromatic amines is 1. The lowest BCUT2D eigenvalue weighted by molar-refractivity contribution is -0.115. The summed E-state index contributed by atoms with van der Waals surface area (Å²) in [5.74, 6) is 1.06. The van der Waals surface area contributed by atoms with Crippen LogP contribution < -0.4 is 5.32 Å². The van der Waals surface area contributed by atoms with Gasteiger partial charge in [0.1, 0.15) is 5.82 Å². The Morgan fingerprint density at radius 3 is 2.59 bits per heavy atom. The SMILES string of the molecule is Cc1nc(SC(C)C(=O)Nc2c(C)cccc2C(C)C)n[nH]1. The first-order valence-electron chi connectivity index (χ1n) is 7.34. The monoisotopic (exact) mass is 318 g/mol. The van der Waals surface area contributed by atoms with Gasteiger partial charge >= 0.3 is 0 Å². The molecular formula is C16H22N4OS. The van der Waals surface area contributed by atoms with E-state index in [1.165, 1.54) is 11.8 Å². The van der Waals surface area contributed by atoms with E-state index in [1.807, 2.05) is 32.9 Å². The predicted octanol–water partition coefficient (Wildman–Crippen LogP) is 3.66. The van der Waals surface area contributed by atoms with Crippen molar-refractivity contribution in [2.45, 2.75) is 50.9 Å². The Kier molecular flexibility index (Phi) is 5.24. The number of hydrogen-bond acceptors (Lipinski definition) is 4. The van der Waals surface area contributed by atoms with Crippen molar-refractivity contribution < 1.29 is 4.79 Å². The normalized spacial score (nSPS) is 12.5. The molecular weight excluding hydrogens is 296 g/mol. The van der Waals surface area contributed by atoms with Crippen molar-refractivity contribution in [2.24, 2.45) is 0 Å². The number of rotatable bonds is 5. The number of amides is 1. The lowest BCUT2D eigenvalue weighted by Gasteiger charge is -2.18. The van der Waals surface area contributed by atoms with E-state index in [1.54, 1.807) is 0 Å². The summed E-state index contributed by atoms with van der Waals surface area (Å²) in [5, 5.41) is 10.2. The molecule has 1 amide bonds. The number of carbonyl (C=O) groups excluding carboxylic acids is 1. The van der Waals surface area contributed by atoms with E-state index in [4.69, 9.17) is 0 Å². The Morgan fingerprint density at radius 1 is 1.27 bits per heavy atom. The largest absolute Gasteiger partial charge is 0.325 e. The highest BCUT2D eigenvalue weighted by atomic mass is 32.2. The minimum atomic E-state index is -0.269. The van der Waals surface area contributed by atoms with Crippen molar-refractivity contribution in [1.29, 1.82) is 0 Å². The van der Waals surface area contributed by atoms with Crippen molar-refractivity contribution in [3.05, 3.63) is 35.2 Å². The molecule has 0 radical (unpaired) electrons. The van der Waals surface area contributed by atoms with Crippen LogP contribution in [0.15, 0.2) is 23.4 Å². The summed E-state index contributed by atoms with van der Waals surface area (Å²) in [5.41, 5.74) is 3.14. The third-order valence-electron chi connectivity index (χ3n) is 3.40. The number of carbonyl (C=O) groups is 1. The first kappa shape index (κ1) is 16.5. The van der Waals surface area contributed by atoms with Gasteiger partial charge < -0.3 is 5.32 Å². The van der Waals surface area contributed by atoms with E-state index < -0.39 is 0 Å². The molecule has 0 aliphatic heterocycles. The summed E-state index contributed by atoms with van der Waals surface area (Å²) in [4.78, 5) is 16.7. The Bertz CT molecular complexity index is 666. The molecule has 1 heterocycles. The van der Waals surface area contributed by atoms with Crippen LogP contribution in [0, 0.1) is 13.8 Å². The number of nitrogens with one attached hydrogen (secondary N) is 2. The smallest absolute Gasteiger partial charge is 0.237 e. The Morgan fingerprint density at radius 2 is 2.00 bits per heavy atom. The molecule has 5 nitrogen and oxygen atoms in total. The van der Waals surface area contributed by atoms with Gasteiger partial charge in [0.25, 0.3) is 0 Å². The quantitative estimate of drug-likeness (QED) is 0.825. The average molecular weight is 318 g/mol. The van der Waals surface area contributed by atoms with Crippen molar-refractivity contribution >= 4 is 23.4 Å². The fourth-order valence-corrected chi connectivity index (χ4v) is 2.92. The number of hydrogen-bond donors (Lipinski definition) is 2. The van der Waals surface area contributed by atoms with Crippen LogP contribution in [0.2, 0.25) is 0 Å². The van der Waals surface area contributed by atoms with E-state index in [0.29, 0.717) is 11.1 Å². The second-order valence-corrected chi connectivity index (χ2v) is 6.95. The van der Waals surface area contributed by atoms with Crippen molar-refractivity contribution in [1.82, 2.24) is 15.2 Å². The summed E-state index contributed by atoms with van der Waals surface area (Å²) in [7, 11) is 0. The van der Waals surface area contributed by atoms with Crippen LogP contribution in [0.1, 0.15) is 43.6 Å². The fourth-order valence-electron chi connectivity index (χ4n) is 2.15. The molecule has 2 N–H and O–H groups in total. The molecule has 22 heavy (non-hydrogen) atoms. The topological polar surface area (TPSA) is 70.7 Å². The molecule has 1 aromatic carbocycles. The van der Waals surface area contributed by atoms with Gasteiger partial charge in [-0.3, -0.25) is 9.89 Å². The number of aryl methyl sites for hydroxylation is 2. The number of benzene rings is 1. The highest BCUT2D eigenvalue weighted by Crippen LogP contribution is 2.28. The summed E-state index contributed by atoms with van der Waals surface area (Å²) >= 11 is 1.35. The fraction of sp³-hybridized carbons (Fsp3) is 0.438. The molecule has 0 fully saturated rings. The molecule has 0 aliphatic rings. The van der Waals surface area contributed by atoms with Crippen LogP contribution in [0.5, 0.6) is 0 Å². The molecule has 2 rings (SSSR count). The highest BCUT2D eigenvalue weighted by Gasteiger charge is 2.19. The maximum absolute atomic E-state index is 12.5. The lowest BCUT2D eigenvalue weighted by Crippen LogP contribution is -2.24. The number of para-hydroxylation sites is 1. The van der Waals surface area contributed by atoms with Gasteiger partial charge in [0, 0.05) is 5.69 Å². The van der Waals surface area contributed by atoms with Gasteiger partial charge in [-0.1, -0.05) is 43.8 Å². The number of thioether (sulfide) groups is 1. The first-order chi connectivity index (χ1) is 10.4. The maximum Gasteiger partial charge on any atom is 0.237 e. The zero-order chi connectivity index (χ0) is 16.3. The van der Waals surface area contributed by atoms with Gasteiger partial charge in [0.15, 0.2) is 0 Å². The second kappa shape index (κ2) is 6.96. The predicted molar refractivity (Wildman–Crippen MR) is 90.3 cm³/mol. The molecule has 6 heteroatoms. The molecule has 1 unspecified atom stereocenters. The van der Waals surface area contributed by atoms with Crippen LogP contribution in [-0.4, -0.2) is 26.3 Å². The van der Waals surface area contributed by atoms with E-state index in [9.17, 15) is 4.79 Å². The Balaban J connectivity index is 2.11. The molecule has 2 aromatic rings. The average Bonchev–Trinajstić information content (AvgIpc) is 2.85. The summed E-state index contributed by atoms with van der Waals surface area (Å²) in [6.07, 6.45) is 0. The van der Waals surface area contributed by atoms with Crippen LogP contribution in [0.3, 0.4) is 0 Å². The molecule has 0 aliphatic carbocycles. The van der Waals surface area contributed by atoms with Gasteiger partial charge in [0.2, 0.25) is 11.1 Å². The Labute approximate surface area is 135 Å². The highest BCUT2D eigenvalue weighted by molar-refractivity contribution is 8.00. The summed E-state index contributed by atoms with van der Waals surface area (Å²) in [6, 6.07) is 6.09. The number of H-pyrrole nitrogens is 1. The van der Waals surface area contributed by atoms with Gasteiger partial charge in [0.05, 0.1) is 5.25 Å². The van der Waals surface area contributed by atoms with Crippen molar-refractivity contribution in [2.75, 3.05) is 5.32 Å². The summed E-state index contributed by atoms with van der Waals surface area (Å²) < 4.78 is 0. The standard InChI is InChI=1S/C16H22N4OS/c1-9(2)13-8-6-7-10(3)14(13)18-15(21)11(4)22-16-17-12(5)19-20-16/h6-9,11H,1-5H3,(H,18,21)(H,17,19,20). The second-order valence-electron chi connectivity index (χ2n) is 5.65. The van der Waals surface area contributed by atoms with E-state index in [-0.39, 0.29) is 11.2 Å². The molecule has 0 saturated carbocycles. The van der Waals surface area contributed by atoms with E-state index >= 15 is 0 Å². The zero-order valence-corrected chi connectivity index (χ0v) is 14.4. The molecule has 1 aromatic heterocycles. The van der Waals surface area contributed by atoms with E-state index in [0.717, 1.165) is 22.6 Å². The lowest BCUT2D eigenvalue weighted by atomic mass is 9.98. The molecule has 0 saturated heterocycles. The molecule has 1 atom stereocenters. The van der Waals surface area contributed by atoms with Crippen LogP contribution >= 0.6 is 11.8 Å². The van der Waals surface area contributed by atoms with Gasteiger partial charge in [-0.15, -0.1) is 5.10 Å². The van der Waals surface area contributed by atoms with Crippen molar-refractivity contribution in [3.63, 3.8) is 0 Å². The van der Waals surface area contributed by atoms with Crippen LogP contribution in [0.4, 0.5) is 5.69 Å². The maximum atomic E-state index is 12.5. The minimum absolute atomic E-state index is 0.0383. The molecule has 118 valence electrons. The van der Waals surface area contributed by atoms with Gasteiger partial charge in [-0.05, 0) is 37.8 Å². The molecule has 0 bridgehead atoms. The Hall–Kier alpha value is -1.82. The van der Waals surface area contributed by atoms with Gasteiger partial charge in [-0.25, -0.2) is 4.98 Å². The zero-order valence-electron chi connectivity index (χ0n) is 13.6. The molecule has 0 spiro atoms. The van der Waals surface area contributed by atoms with Gasteiger partial charge in [-0.2, -0.15) is 0 Å². The first-order valence-corrected chi connectivity index (χ1v) is 8.22. The van der Waals surface area contributed by atoms with Crippen molar-refractivity contribution in [3.8, 4) is 0 Å². The number of aromatic nitrogens is 3. The van der Waals surface area contributed by atoms with Crippen LogP contribution in [-0.2, 0) is 4.79 Å². The number of nitrogens with zero attached hydrogens (tertiary/aromatic N) is 2. The summed E-state index contributed by atoms with van der Waals surface area (Å²) in [6.45, 7) is 9.96. The van der Waals surface area contributed by atoms with Crippen LogP contribution in [0.25, 0.3) is 0 Å².